The van der Waals surface area contributed by atoms with E-state index < -0.39 is 5.92 Å². The topological polar surface area (TPSA) is 34.1 Å². The quantitative estimate of drug-likeness (QED) is 0.401. The molecule has 14 heavy (non-hydrogen) atoms. The number of carbonyl (C=O) groups excluding carboxylic acids is 2. The molecule has 0 radical (unpaired) electrons. The van der Waals surface area contributed by atoms with E-state index >= 15 is 0 Å². The molecule has 0 saturated carbocycles. The van der Waals surface area contributed by atoms with Crippen molar-refractivity contribution >= 4 is 12.1 Å². The van der Waals surface area contributed by atoms with Gasteiger partial charge in [0.05, 0.1) is 5.92 Å². The molecule has 0 N–H and O–H groups in total. The van der Waals surface area contributed by atoms with Crippen LogP contribution >= 0.6 is 0 Å². The predicted octanol–water partition coefficient (Wildman–Crippen LogP) is 1.80. The Morgan fingerprint density at radius 1 is 1.36 bits per heavy atom. The highest BCUT2D eigenvalue weighted by molar-refractivity contribution is 5.96. The summed E-state index contributed by atoms with van der Waals surface area (Å²) in [6, 6.07) is 9.35. The zero-order valence-corrected chi connectivity index (χ0v) is 7.85. The van der Waals surface area contributed by atoms with Gasteiger partial charge in [0.2, 0.25) is 0 Å². The first-order valence-electron chi connectivity index (χ1n) is 4.42. The van der Waals surface area contributed by atoms with Gasteiger partial charge in [-0.25, -0.2) is 0 Å². The van der Waals surface area contributed by atoms with Crippen molar-refractivity contribution in [3.63, 3.8) is 0 Å². The van der Waals surface area contributed by atoms with Gasteiger partial charge in [0.15, 0.2) is 5.78 Å². The molecule has 0 spiro atoms. The Labute approximate surface area is 83.3 Å². The average Bonchev–Trinajstić information content (AvgIpc) is 2.21. The van der Waals surface area contributed by atoms with Crippen LogP contribution in [0.1, 0.15) is 5.56 Å². The molecule has 1 unspecified atom stereocenters. The van der Waals surface area contributed by atoms with Crippen molar-refractivity contribution in [2.24, 2.45) is 5.92 Å². The van der Waals surface area contributed by atoms with Gasteiger partial charge >= 0.3 is 0 Å². The third-order valence-electron chi connectivity index (χ3n) is 1.99. The van der Waals surface area contributed by atoms with Gasteiger partial charge < -0.3 is 4.79 Å². The number of rotatable bonds is 5. The first-order chi connectivity index (χ1) is 6.77. The van der Waals surface area contributed by atoms with Crippen LogP contribution in [0, 0.1) is 5.92 Å². The summed E-state index contributed by atoms with van der Waals surface area (Å²) in [5.74, 6) is -0.781. The fourth-order valence-corrected chi connectivity index (χ4v) is 1.18. The molecule has 0 bridgehead atoms. The van der Waals surface area contributed by atoms with E-state index in [0.717, 1.165) is 5.56 Å². The molecule has 0 aliphatic rings. The number of Topliss-reactive ketones (excluding diaryl/α,β-unsaturated/α-hetero) is 1. The second-order valence-electron chi connectivity index (χ2n) is 3.03. The van der Waals surface area contributed by atoms with Crippen LogP contribution in [-0.2, 0) is 16.0 Å². The molecule has 0 aromatic heterocycles. The van der Waals surface area contributed by atoms with Crippen LogP contribution in [0.3, 0.4) is 0 Å². The summed E-state index contributed by atoms with van der Waals surface area (Å²) in [5, 5.41) is 0. The number of ketones is 1. The number of carbonyl (C=O) groups is 2. The zero-order chi connectivity index (χ0) is 10.4. The first-order valence-corrected chi connectivity index (χ1v) is 4.42. The minimum absolute atomic E-state index is 0.110. The van der Waals surface area contributed by atoms with Gasteiger partial charge in [-0.2, -0.15) is 0 Å². The number of benzene rings is 1. The summed E-state index contributed by atoms with van der Waals surface area (Å²) in [6.45, 7) is 3.44. The lowest BCUT2D eigenvalue weighted by Crippen LogP contribution is -2.15. The van der Waals surface area contributed by atoms with E-state index in [-0.39, 0.29) is 12.2 Å². The lowest BCUT2D eigenvalue weighted by Gasteiger charge is -2.03. The average molecular weight is 188 g/mol. The van der Waals surface area contributed by atoms with Crippen molar-refractivity contribution in [1.29, 1.82) is 0 Å². The Balaban J connectivity index is 2.65. The van der Waals surface area contributed by atoms with Crippen molar-refractivity contribution in [3.8, 4) is 0 Å². The lowest BCUT2D eigenvalue weighted by molar-refractivity contribution is -0.125. The molecular formula is C12H12O2. The largest absolute Gasteiger partial charge is 0.302 e. The fraction of sp³-hybridized carbons (Fsp3) is 0.167. The van der Waals surface area contributed by atoms with Crippen LogP contribution in [0.15, 0.2) is 43.0 Å². The minimum Gasteiger partial charge on any atom is -0.302 e. The highest BCUT2D eigenvalue weighted by Crippen LogP contribution is 2.05. The first kappa shape index (κ1) is 10.4. The molecule has 2 nitrogen and oxygen atoms in total. The van der Waals surface area contributed by atoms with Crippen LogP contribution in [0.4, 0.5) is 0 Å². The molecule has 1 aromatic rings. The van der Waals surface area contributed by atoms with Crippen molar-refractivity contribution in [2.75, 3.05) is 0 Å². The molecule has 0 heterocycles. The van der Waals surface area contributed by atoms with Crippen LogP contribution in [0.25, 0.3) is 0 Å². The normalized spacial score (nSPS) is 11.7. The Kier molecular flexibility index (Phi) is 3.80. The Morgan fingerprint density at radius 2 is 2.00 bits per heavy atom. The van der Waals surface area contributed by atoms with Gasteiger partial charge in [0, 0.05) is 6.42 Å². The molecular weight excluding hydrogens is 176 g/mol. The van der Waals surface area contributed by atoms with Crippen molar-refractivity contribution in [3.05, 3.63) is 48.6 Å². The molecule has 2 heteroatoms. The van der Waals surface area contributed by atoms with Gasteiger partial charge in [0.1, 0.15) is 6.29 Å². The summed E-state index contributed by atoms with van der Waals surface area (Å²) >= 11 is 0. The molecule has 1 rings (SSSR count). The van der Waals surface area contributed by atoms with Gasteiger partial charge in [0.25, 0.3) is 0 Å². The predicted molar refractivity (Wildman–Crippen MR) is 54.9 cm³/mol. The SMILES string of the molecule is C=CC(C=O)C(=O)Cc1ccccc1. The van der Waals surface area contributed by atoms with E-state index in [0.29, 0.717) is 6.29 Å². The second-order valence-corrected chi connectivity index (χ2v) is 3.03. The molecule has 1 aromatic carbocycles. The number of allylic oxidation sites excluding steroid dienone is 1. The summed E-state index contributed by atoms with van der Waals surface area (Å²) in [7, 11) is 0. The van der Waals surface area contributed by atoms with Gasteiger partial charge in [-0.1, -0.05) is 36.4 Å². The maximum Gasteiger partial charge on any atom is 0.151 e. The van der Waals surface area contributed by atoms with E-state index in [1.807, 2.05) is 30.3 Å². The number of aldehydes is 1. The standard InChI is InChI=1S/C12H12O2/c1-2-11(9-13)12(14)8-10-6-4-3-5-7-10/h2-7,9,11H,1,8H2. The number of hydrogen-bond donors (Lipinski definition) is 0. The van der Waals surface area contributed by atoms with Gasteiger partial charge in [-0.3, -0.25) is 4.79 Å². The second kappa shape index (κ2) is 5.12. The molecule has 1 atom stereocenters. The third-order valence-corrected chi connectivity index (χ3v) is 1.99. The Bertz CT molecular complexity index is 319. The lowest BCUT2D eigenvalue weighted by atomic mass is 9.99. The van der Waals surface area contributed by atoms with Crippen molar-refractivity contribution < 1.29 is 9.59 Å². The van der Waals surface area contributed by atoms with Crippen LogP contribution in [-0.4, -0.2) is 12.1 Å². The monoisotopic (exact) mass is 188 g/mol. The Hall–Kier alpha value is -1.70. The highest BCUT2D eigenvalue weighted by atomic mass is 16.1. The van der Waals surface area contributed by atoms with Crippen molar-refractivity contribution in [1.82, 2.24) is 0 Å². The highest BCUT2D eigenvalue weighted by Gasteiger charge is 2.13. The van der Waals surface area contributed by atoms with Crippen LogP contribution in [0.2, 0.25) is 0 Å². The fourth-order valence-electron chi connectivity index (χ4n) is 1.18. The zero-order valence-electron chi connectivity index (χ0n) is 7.85. The maximum absolute atomic E-state index is 11.5. The molecule has 0 fully saturated rings. The van der Waals surface area contributed by atoms with Crippen molar-refractivity contribution in [2.45, 2.75) is 6.42 Å². The van der Waals surface area contributed by atoms with E-state index in [2.05, 4.69) is 6.58 Å². The van der Waals surface area contributed by atoms with E-state index in [9.17, 15) is 9.59 Å². The summed E-state index contributed by atoms with van der Waals surface area (Å²) < 4.78 is 0. The smallest absolute Gasteiger partial charge is 0.151 e. The Morgan fingerprint density at radius 3 is 2.50 bits per heavy atom. The van der Waals surface area contributed by atoms with Gasteiger partial charge in [-0.05, 0) is 5.56 Å². The van der Waals surface area contributed by atoms with E-state index in [1.165, 1.54) is 6.08 Å². The number of hydrogen-bond acceptors (Lipinski definition) is 2. The molecule has 0 aliphatic carbocycles. The molecule has 72 valence electrons. The molecule has 0 amide bonds. The minimum atomic E-state index is -0.671. The summed E-state index contributed by atoms with van der Waals surface area (Å²) in [6.07, 6.45) is 2.28. The summed E-state index contributed by atoms with van der Waals surface area (Å²) in [4.78, 5) is 21.9. The molecule has 0 saturated heterocycles. The van der Waals surface area contributed by atoms with E-state index in [1.54, 1.807) is 0 Å². The summed E-state index contributed by atoms with van der Waals surface area (Å²) in [5.41, 5.74) is 0.922. The van der Waals surface area contributed by atoms with Crippen LogP contribution < -0.4 is 0 Å². The third kappa shape index (κ3) is 2.66. The van der Waals surface area contributed by atoms with Crippen LogP contribution in [0.5, 0.6) is 0 Å². The van der Waals surface area contributed by atoms with E-state index in [4.69, 9.17) is 0 Å². The van der Waals surface area contributed by atoms with Gasteiger partial charge in [-0.15, -0.1) is 6.58 Å². The molecule has 0 aliphatic heterocycles. The maximum atomic E-state index is 11.5.